The minimum Gasteiger partial charge on any atom is -0.299 e. The van der Waals surface area contributed by atoms with Gasteiger partial charge in [-0.2, -0.15) is 0 Å². The lowest BCUT2D eigenvalue weighted by atomic mass is 10.0. The molecule has 3 heteroatoms. The standard InChI is InChI=1S/C16H22O2S/c1-11(2)15(17)9-13-5-7-14(8-6-13)10-19-16(18)12(3)4/h5-8,11-12H,9-10H2,1-4H3. The van der Waals surface area contributed by atoms with Crippen LogP contribution in [0.3, 0.4) is 0 Å². The lowest BCUT2D eigenvalue weighted by molar-refractivity contribution is -0.121. The zero-order valence-electron chi connectivity index (χ0n) is 12.1. The Balaban J connectivity index is 2.52. The van der Waals surface area contributed by atoms with E-state index in [-0.39, 0.29) is 22.7 Å². The van der Waals surface area contributed by atoms with E-state index in [0.717, 1.165) is 11.1 Å². The maximum absolute atomic E-state index is 11.6. The summed E-state index contributed by atoms with van der Waals surface area (Å²) in [4.78, 5) is 23.2. The van der Waals surface area contributed by atoms with Crippen LogP contribution in [0.2, 0.25) is 0 Å². The number of hydrogen-bond acceptors (Lipinski definition) is 3. The molecule has 0 atom stereocenters. The molecule has 0 unspecified atom stereocenters. The molecule has 0 radical (unpaired) electrons. The van der Waals surface area contributed by atoms with Crippen LogP contribution in [0.4, 0.5) is 0 Å². The SMILES string of the molecule is CC(C)C(=O)Cc1ccc(CSC(=O)C(C)C)cc1. The van der Waals surface area contributed by atoms with Crippen LogP contribution in [0.15, 0.2) is 24.3 Å². The van der Waals surface area contributed by atoms with Crippen molar-refractivity contribution >= 4 is 22.7 Å². The molecule has 0 heterocycles. The molecule has 0 fully saturated rings. The van der Waals surface area contributed by atoms with Crippen molar-refractivity contribution in [2.45, 2.75) is 39.9 Å². The molecule has 0 aliphatic carbocycles. The summed E-state index contributed by atoms with van der Waals surface area (Å²) in [6, 6.07) is 7.97. The fourth-order valence-corrected chi connectivity index (χ4v) is 2.31. The maximum atomic E-state index is 11.6. The fraction of sp³-hybridized carbons (Fsp3) is 0.500. The van der Waals surface area contributed by atoms with Gasteiger partial charge in [0.2, 0.25) is 0 Å². The summed E-state index contributed by atoms with van der Waals surface area (Å²) in [5.74, 6) is 1.12. The second kappa shape index (κ2) is 7.49. The lowest BCUT2D eigenvalue weighted by Crippen LogP contribution is -2.10. The number of rotatable bonds is 6. The molecule has 19 heavy (non-hydrogen) atoms. The summed E-state index contributed by atoms with van der Waals surface area (Å²) in [5, 5.41) is 0.221. The van der Waals surface area contributed by atoms with Gasteiger partial charge in [0.1, 0.15) is 5.78 Å². The van der Waals surface area contributed by atoms with Crippen LogP contribution < -0.4 is 0 Å². The van der Waals surface area contributed by atoms with E-state index in [1.165, 1.54) is 11.8 Å². The van der Waals surface area contributed by atoms with Gasteiger partial charge in [-0.05, 0) is 11.1 Å². The molecule has 0 N–H and O–H groups in total. The third kappa shape index (κ3) is 5.60. The molecule has 0 aliphatic rings. The van der Waals surface area contributed by atoms with Gasteiger partial charge >= 0.3 is 0 Å². The van der Waals surface area contributed by atoms with Gasteiger partial charge in [-0.25, -0.2) is 0 Å². The molecule has 0 saturated heterocycles. The molecule has 0 saturated carbocycles. The molecular formula is C16H22O2S. The van der Waals surface area contributed by atoms with Crippen molar-refractivity contribution in [2.75, 3.05) is 0 Å². The van der Waals surface area contributed by atoms with Crippen LogP contribution in [0, 0.1) is 11.8 Å². The lowest BCUT2D eigenvalue weighted by Gasteiger charge is -2.06. The number of carbonyl (C=O) groups is 2. The Morgan fingerprint density at radius 1 is 0.947 bits per heavy atom. The van der Waals surface area contributed by atoms with E-state index in [2.05, 4.69) is 0 Å². The van der Waals surface area contributed by atoms with E-state index >= 15 is 0 Å². The Bertz CT molecular complexity index is 433. The van der Waals surface area contributed by atoms with E-state index in [0.29, 0.717) is 12.2 Å². The Kier molecular flexibility index (Phi) is 6.29. The molecule has 2 nitrogen and oxygen atoms in total. The normalized spacial score (nSPS) is 11.1. The second-order valence-corrected chi connectivity index (χ2v) is 6.36. The Labute approximate surface area is 120 Å². The highest BCUT2D eigenvalue weighted by Gasteiger charge is 2.09. The average molecular weight is 278 g/mol. The molecule has 1 aromatic carbocycles. The van der Waals surface area contributed by atoms with Gasteiger partial charge in [0.25, 0.3) is 0 Å². The van der Waals surface area contributed by atoms with Gasteiger partial charge in [0.15, 0.2) is 5.12 Å². The maximum Gasteiger partial charge on any atom is 0.191 e. The Hall–Kier alpha value is -1.09. The van der Waals surface area contributed by atoms with E-state index in [1.807, 2.05) is 52.0 Å². The van der Waals surface area contributed by atoms with Crippen LogP contribution >= 0.6 is 11.8 Å². The summed E-state index contributed by atoms with van der Waals surface area (Å²) in [7, 11) is 0. The van der Waals surface area contributed by atoms with Gasteiger partial charge in [0, 0.05) is 24.0 Å². The summed E-state index contributed by atoms with van der Waals surface area (Å²) >= 11 is 1.36. The highest BCUT2D eigenvalue weighted by Crippen LogP contribution is 2.18. The first-order valence-electron chi connectivity index (χ1n) is 6.67. The largest absolute Gasteiger partial charge is 0.299 e. The Morgan fingerprint density at radius 2 is 1.47 bits per heavy atom. The number of hydrogen-bond donors (Lipinski definition) is 0. The summed E-state index contributed by atoms with van der Waals surface area (Å²) in [6.45, 7) is 7.67. The number of ketones is 1. The van der Waals surface area contributed by atoms with Gasteiger partial charge < -0.3 is 0 Å². The monoisotopic (exact) mass is 278 g/mol. The van der Waals surface area contributed by atoms with E-state index in [1.54, 1.807) is 0 Å². The van der Waals surface area contributed by atoms with Crippen molar-refractivity contribution in [3.63, 3.8) is 0 Å². The van der Waals surface area contributed by atoms with Gasteiger partial charge in [-0.3, -0.25) is 9.59 Å². The van der Waals surface area contributed by atoms with Crippen LogP contribution in [-0.4, -0.2) is 10.9 Å². The fourth-order valence-electron chi connectivity index (χ4n) is 1.48. The smallest absolute Gasteiger partial charge is 0.191 e. The number of carbonyl (C=O) groups excluding carboxylic acids is 2. The van der Waals surface area contributed by atoms with E-state index in [4.69, 9.17) is 0 Å². The minimum atomic E-state index is 0.0768. The van der Waals surface area contributed by atoms with Gasteiger partial charge in [0.05, 0.1) is 0 Å². The van der Waals surface area contributed by atoms with Crippen LogP contribution in [-0.2, 0) is 21.8 Å². The Morgan fingerprint density at radius 3 is 1.95 bits per heavy atom. The van der Waals surface area contributed by atoms with Crippen LogP contribution in [0.25, 0.3) is 0 Å². The zero-order valence-corrected chi connectivity index (χ0v) is 12.9. The molecule has 104 valence electrons. The minimum absolute atomic E-state index is 0.0768. The average Bonchev–Trinajstić information content (AvgIpc) is 2.37. The predicted octanol–water partition coefficient (Wildman–Crippen LogP) is 3.87. The number of benzene rings is 1. The molecule has 0 spiro atoms. The molecule has 0 amide bonds. The van der Waals surface area contributed by atoms with Crippen molar-refractivity contribution in [1.29, 1.82) is 0 Å². The topological polar surface area (TPSA) is 34.1 Å². The van der Waals surface area contributed by atoms with Crippen molar-refractivity contribution < 1.29 is 9.59 Å². The second-order valence-electron chi connectivity index (χ2n) is 5.38. The predicted molar refractivity (Wildman–Crippen MR) is 81.1 cm³/mol. The highest BCUT2D eigenvalue weighted by atomic mass is 32.2. The molecule has 0 aliphatic heterocycles. The molecule has 0 aromatic heterocycles. The van der Waals surface area contributed by atoms with Crippen molar-refractivity contribution in [3.05, 3.63) is 35.4 Å². The summed E-state index contributed by atoms with van der Waals surface area (Å²) in [5.41, 5.74) is 2.17. The number of thioether (sulfide) groups is 1. The summed E-state index contributed by atoms with van der Waals surface area (Å²) in [6.07, 6.45) is 0.496. The van der Waals surface area contributed by atoms with E-state index < -0.39 is 0 Å². The molecular weight excluding hydrogens is 256 g/mol. The quantitative estimate of drug-likeness (QED) is 0.792. The first kappa shape index (κ1) is 16.0. The van der Waals surface area contributed by atoms with Crippen molar-refractivity contribution in [2.24, 2.45) is 11.8 Å². The number of Topliss-reactive ketones (excluding diaryl/α,β-unsaturated/α-hetero) is 1. The van der Waals surface area contributed by atoms with Crippen molar-refractivity contribution in [3.8, 4) is 0 Å². The van der Waals surface area contributed by atoms with Crippen LogP contribution in [0.5, 0.6) is 0 Å². The van der Waals surface area contributed by atoms with Crippen molar-refractivity contribution in [1.82, 2.24) is 0 Å². The third-order valence-corrected chi connectivity index (χ3v) is 4.13. The summed E-state index contributed by atoms with van der Waals surface area (Å²) < 4.78 is 0. The van der Waals surface area contributed by atoms with Gasteiger partial charge in [-0.1, -0.05) is 63.7 Å². The molecule has 1 rings (SSSR count). The highest BCUT2D eigenvalue weighted by molar-refractivity contribution is 8.13. The zero-order chi connectivity index (χ0) is 14.4. The first-order chi connectivity index (χ1) is 8.90. The molecule has 1 aromatic rings. The first-order valence-corrected chi connectivity index (χ1v) is 7.66. The third-order valence-electron chi connectivity index (χ3n) is 2.90. The van der Waals surface area contributed by atoms with Gasteiger partial charge in [-0.15, -0.1) is 0 Å². The van der Waals surface area contributed by atoms with Crippen LogP contribution in [0.1, 0.15) is 38.8 Å². The molecule has 0 bridgehead atoms. The van der Waals surface area contributed by atoms with E-state index in [9.17, 15) is 9.59 Å².